The van der Waals surface area contributed by atoms with Gasteiger partial charge in [0.25, 0.3) is 5.91 Å². The molecule has 1 N–H and O–H groups in total. The maximum Gasteiger partial charge on any atom is 0.276 e. The van der Waals surface area contributed by atoms with Crippen LogP contribution in [-0.4, -0.2) is 52.5 Å². The highest BCUT2D eigenvalue weighted by molar-refractivity contribution is 5.93. The number of piperazine rings is 1. The van der Waals surface area contributed by atoms with Crippen LogP contribution in [0.25, 0.3) is 0 Å². The van der Waals surface area contributed by atoms with Crippen LogP contribution >= 0.6 is 0 Å². The normalized spacial score (nSPS) is 18.0. The molecule has 0 bridgehead atoms. The topological polar surface area (TPSA) is 72.3 Å². The van der Waals surface area contributed by atoms with Gasteiger partial charge in [0.05, 0.1) is 18.8 Å². The van der Waals surface area contributed by atoms with Crippen molar-refractivity contribution in [1.82, 2.24) is 25.2 Å². The number of rotatable bonds is 3. The van der Waals surface area contributed by atoms with Gasteiger partial charge in [-0.2, -0.15) is 0 Å². The minimum atomic E-state index is -0.0898. The summed E-state index contributed by atoms with van der Waals surface area (Å²) in [6.45, 7) is 3.92. The Morgan fingerprint density at radius 3 is 2.87 bits per heavy atom. The molecule has 1 atom stereocenters. The van der Waals surface area contributed by atoms with Gasteiger partial charge in [-0.05, 0) is 13.0 Å². The highest BCUT2D eigenvalue weighted by atomic mass is 16.5. The summed E-state index contributed by atoms with van der Waals surface area (Å²) in [5.41, 5.74) is 2.18. The maximum absolute atomic E-state index is 13.0. The van der Waals surface area contributed by atoms with Crippen molar-refractivity contribution >= 4 is 5.91 Å². The zero-order valence-electron chi connectivity index (χ0n) is 13.6. The summed E-state index contributed by atoms with van der Waals surface area (Å²) in [4.78, 5) is 14.8. The molecule has 0 spiro atoms. The van der Waals surface area contributed by atoms with Gasteiger partial charge in [0.15, 0.2) is 5.69 Å². The molecule has 7 heteroatoms. The number of methoxy groups -OCH3 is 1. The predicted molar refractivity (Wildman–Crippen MR) is 85.4 cm³/mol. The van der Waals surface area contributed by atoms with Crippen LogP contribution in [0.2, 0.25) is 0 Å². The van der Waals surface area contributed by atoms with Crippen molar-refractivity contribution in [2.75, 3.05) is 26.7 Å². The van der Waals surface area contributed by atoms with Gasteiger partial charge in [0, 0.05) is 32.2 Å². The molecule has 23 heavy (non-hydrogen) atoms. The minimum Gasteiger partial charge on any atom is -0.496 e. The monoisotopic (exact) mass is 315 g/mol. The average Bonchev–Trinajstić information content (AvgIpc) is 2.93. The molecule has 0 aliphatic carbocycles. The first-order valence-corrected chi connectivity index (χ1v) is 7.64. The van der Waals surface area contributed by atoms with E-state index in [0.29, 0.717) is 18.8 Å². The van der Waals surface area contributed by atoms with Gasteiger partial charge >= 0.3 is 0 Å². The maximum atomic E-state index is 13.0. The van der Waals surface area contributed by atoms with Crippen LogP contribution in [0.5, 0.6) is 5.75 Å². The van der Waals surface area contributed by atoms with E-state index in [1.807, 2.05) is 36.1 Å². The standard InChI is InChI=1S/C16H21N5O2/c1-11-15(18-19-20(11)2)16(22)21-9-8-17-10-13(21)12-6-4-5-7-14(12)23-3/h4-7,13,17H,8-10H2,1-3H3. The molecule has 2 aromatic rings. The third-order valence-electron chi connectivity index (χ3n) is 4.31. The van der Waals surface area contributed by atoms with Crippen LogP contribution in [-0.2, 0) is 7.05 Å². The SMILES string of the molecule is COc1ccccc1C1CNCCN1C(=O)c1nnn(C)c1C. The molecule has 1 aromatic carbocycles. The second kappa shape index (κ2) is 6.37. The molecule has 122 valence electrons. The Morgan fingerprint density at radius 1 is 1.39 bits per heavy atom. The smallest absolute Gasteiger partial charge is 0.276 e. The van der Waals surface area contributed by atoms with Gasteiger partial charge in [-0.15, -0.1) is 5.10 Å². The second-order valence-corrected chi connectivity index (χ2v) is 5.61. The number of amides is 1. The third-order valence-corrected chi connectivity index (χ3v) is 4.31. The first-order valence-electron chi connectivity index (χ1n) is 7.64. The van der Waals surface area contributed by atoms with E-state index >= 15 is 0 Å². The first kappa shape index (κ1) is 15.5. The summed E-state index contributed by atoms with van der Waals surface area (Å²) in [6.07, 6.45) is 0. The lowest BCUT2D eigenvalue weighted by molar-refractivity contribution is 0.0624. The van der Waals surface area contributed by atoms with Crippen LogP contribution in [0.15, 0.2) is 24.3 Å². The number of aryl methyl sites for hydroxylation is 1. The number of hydrogen-bond donors (Lipinski definition) is 1. The van der Waals surface area contributed by atoms with E-state index in [1.54, 1.807) is 18.8 Å². The number of hydrogen-bond acceptors (Lipinski definition) is 5. The summed E-state index contributed by atoms with van der Waals surface area (Å²) in [7, 11) is 3.43. The van der Waals surface area contributed by atoms with E-state index in [-0.39, 0.29) is 11.9 Å². The Labute approximate surface area is 135 Å². The lowest BCUT2D eigenvalue weighted by atomic mass is 10.0. The van der Waals surface area contributed by atoms with Crippen molar-refractivity contribution in [3.05, 3.63) is 41.2 Å². The molecule has 1 aliphatic heterocycles. The minimum absolute atomic E-state index is 0.0891. The fraction of sp³-hybridized carbons (Fsp3) is 0.438. The number of carbonyl (C=O) groups excluding carboxylic acids is 1. The van der Waals surface area contributed by atoms with Gasteiger partial charge < -0.3 is 15.0 Å². The van der Waals surface area contributed by atoms with E-state index in [0.717, 1.165) is 23.6 Å². The number of nitrogens with one attached hydrogen (secondary N) is 1. The lowest BCUT2D eigenvalue weighted by Gasteiger charge is -2.36. The number of nitrogens with zero attached hydrogens (tertiary/aromatic N) is 4. The molecule has 1 fully saturated rings. The quantitative estimate of drug-likeness (QED) is 0.912. The molecule has 1 aromatic heterocycles. The molecular weight excluding hydrogens is 294 g/mol. The molecule has 7 nitrogen and oxygen atoms in total. The second-order valence-electron chi connectivity index (χ2n) is 5.61. The predicted octanol–water partition coefficient (Wildman–Crippen LogP) is 0.919. The first-order chi connectivity index (χ1) is 11.1. The van der Waals surface area contributed by atoms with Gasteiger partial charge in [0.2, 0.25) is 0 Å². The molecule has 0 saturated carbocycles. The summed E-state index contributed by atoms with van der Waals surface area (Å²) in [5.74, 6) is 0.697. The Morgan fingerprint density at radius 2 is 2.17 bits per heavy atom. The highest BCUT2D eigenvalue weighted by Gasteiger charge is 2.32. The van der Waals surface area contributed by atoms with Gasteiger partial charge in [0.1, 0.15) is 5.75 Å². The zero-order chi connectivity index (χ0) is 16.4. The Hall–Kier alpha value is -2.41. The van der Waals surface area contributed by atoms with Crippen LogP contribution < -0.4 is 10.1 Å². The van der Waals surface area contributed by atoms with Crippen LogP contribution in [0.3, 0.4) is 0 Å². The fourth-order valence-electron chi connectivity index (χ4n) is 2.91. The molecule has 1 unspecified atom stereocenters. The summed E-state index contributed by atoms with van der Waals surface area (Å²) < 4.78 is 7.08. The van der Waals surface area contributed by atoms with Crippen molar-refractivity contribution in [3.63, 3.8) is 0 Å². The molecule has 3 rings (SSSR count). The summed E-state index contributed by atoms with van der Waals surface area (Å²) >= 11 is 0. The largest absolute Gasteiger partial charge is 0.496 e. The van der Waals surface area contributed by atoms with E-state index in [9.17, 15) is 4.79 Å². The number of para-hydroxylation sites is 1. The number of aromatic nitrogens is 3. The Balaban J connectivity index is 1.96. The van der Waals surface area contributed by atoms with Gasteiger partial charge in [-0.1, -0.05) is 23.4 Å². The summed E-state index contributed by atoms with van der Waals surface area (Å²) in [6, 6.07) is 7.72. The van der Waals surface area contributed by atoms with E-state index < -0.39 is 0 Å². The fourth-order valence-corrected chi connectivity index (χ4v) is 2.91. The van der Waals surface area contributed by atoms with Crippen molar-refractivity contribution in [2.45, 2.75) is 13.0 Å². The lowest BCUT2D eigenvalue weighted by Crippen LogP contribution is -2.49. The van der Waals surface area contributed by atoms with Gasteiger partial charge in [-0.25, -0.2) is 0 Å². The van der Waals surface area contributed by atoms with E-state index in [2.05, 4.69) is 15.6 Å². The van der Waals surface area contributed by atoms with Crippen LogP contribution in [0, 0.1) is 6.92 Å². The van der Waals surface area contributed by atoms with Crippen LogP contribution in [0.4, 0.5) is 0 Å². The molecule has 1 saturated heterocycles. The number of benzene rings is 1. The summed E-state index contributed by atoms with van der Waals surface area (Å²) in [5, 5.41) is 11.3. The van der Waals surface area contributed by atoms with Crippen molar-refractivity contribution in [1.29, 1.82) is 0 Å². The van der Waals surface area contributed by atoms with Crippen molar-refractivity contribution in [2.24, 2.45) is 7.05 Å². The van der Waals surface area contributed by atoms with Gasteiger partial charge in [-0.3, -0.25) is 9.48 Å². The Bertz CT molecular complexity index is 712. The molecular formula is C16H21N5O2. The molecule has 0 radical (unpaired) electrons. The molecule has 1 aliphatic rings. The third kappa shape index (κ3) is 2.79. The van der Waals surface area contributed by atoms with Crippen LogP contribution in [0.1, 0.15) is 27.8 Å². The van der Waals surface area contributed by atoms with Crippen molar-refractivity contribution < 1.29 is 9.53 Å². The van der Waals surface area contributed by atoms with Crippen molar-refractivity contribution in [3.8, 4) is 5.75 Å². The Kier molecular flexibility index (Phi) is 4.29. The molecule has 1 amide bonds. The van der Waals surface area contributed by atoms with E-state index in [4.69, 9.17) is 4.74 Å². The average molecular weight is 315 g/mol. The molecule has 2 heterocycles. The highest BCUT2D eigenvalue weighted by Crippen LogP contribution is 2.31. The zero-order valence-corrected chi connectivity index (χ0v) is 13.6. The number of carbonyl (C=O) groups is 1. The van der Waals surface area contributed by atoms with E-state index in [1.165, 1.54) is 0 Å². The number of ether oxygens (including phenoxy) is 1.